The molecule has 0 saturated carbocycles. The summed E-state index contributed by atoms with van der Waals surface area (Å²) in [7, 11) is 0. The fourth-order valence-electron chi connectivity index (χ4n) is 2.87. The van der Waals surface area contributed by atoms with Crippen LogP contribution < -0.4 is 0 Å². The Morgan fingerprint density at radius 2 is 1.50 bits per heavy atom. The quantitative estimate of drug-likeness (QED) is 0.766. The molecular weight excluding hydrogens is 224 g/mol. The van der Waals surface area contributed by atoms with Crippen LogP contribution in [0.1, 0.15) is 24.0 Å². The van der Waals surface area contributed by atoms with Gasteiger partial charge in [0.25, 0.3) is 6.47 Å². The van der Waals surface area contributed by atoms with E-state index in [-0.39, 0.29) is 12.0 Å². The van der Waals surface area contributed by atoms with Crippen LogP contribution in [-0.2, 0) is 9.53 Å². The van der Waals surface area contributed by atoms with Crippen molar-refractivity contribution in [1.29, 1.82) is 0 Å². The van der Waals surface area contributed by atoms with Gasteiger partial charge in [-0.1, -0.05) is 48.5 Å². The topological polar surface area (TPSA) is 26.3 Å². The zero-order valence-corrected chi connectivity index (χ0v) is 10.2. The fourth-order valence-corrected chi connectivity index (χ4v) is 2.87. The molecule has 0 radical (unpaired) electrons. The van der Waals surface area contributed by atoms with Gasteiger partial charge >= 0.3 is 0 Å². The molecule has 18 heavy (non-hydrogen) atoms. The van der Waals surface area contributed by atoms with Gasteiger partial charge in [0.2, 0.25) is 0 Å². The lowest BCUT2D eigenvalue weighted by atomic mass is 9.92. The summed E-state index contributed by atoms with van der Waals surface area (Å²) < 4.78 is 5.16. The van der Waals surface area contributed by atoms with Crippen LogP contribution >= 0.6 is 0 Å². The highest BCUT2D eigenvalue weighted by Gasteiger charge is 2.32. The molecule has 1 aliphatic rings. The zero-order valence-electron chi connectivity index (χ0n) is 10.2. The van der Waals surface area contributed by atoms with Gasteiger partial charge in [-0.25, -0.2) is 0 Å². The second-order valence-corrected chi connectivity index (χ2v) is 4.59. The first kappa shape index (κ1) is 11.0. The molecule has 0 N–H and O–H groups in total. The lowest BCUT2D eigenvalue weighted by Crippen LogP contribution is -2.17. The van der Waals surface area contributed by atoms with Crippen molar-refractivity contribution in [3.05, 3.63) is 59.7 Å². The minimum atomic E-state index is -0.146. The summed E-state index contributed by atoms with van der Waals surface area (Å²) in [5.74, 6) is 0.141. The standard InChI is InChI=1S/C16H14O2/c1-11(18-10-17)16-14-8-4-2-6-12(14)13-7-3-5-9-15(13)16/h2-11,16H,1H3/t11-/m1/s1. The Morgan fingerprint density at radius 1 is 1.00 bits per heavy atom. The minimum absolute atomic E-state index is 0.141. The molecule has 0 heterocycles. The number of carbonyl (C=O) groups is 1. The molecule has 0 bridgehead atoms. The van der Waals surface area contributed by atoms with E-state index >= 15 is 0 Å². The largest absolute Gasteiger partial charge is 0.464 e. The molecule has 2 heteroatoms. The number of carbonyl (C=O) groups excluding carboxylic acids is 1. The third kappa shape index (κ3) is 1.53. The molecule has 0 unspecified atom stereocenters. The van der Waals surface area contributed by atoms with Crippen LogP contribution in [0.3, 0.4) is 0 Å². The van der Waals surface area contributed by atoms with E-state index in [9.17, 15) is 4.79 Å². The molecule has 2 aromatic rings. The first-order chi connectivity index (χ1) is 8.83. The summed E-state index contributed by atoms with van der Waals surface area (Å²) in [4.78, 5) is 10.6. The lowest BCUT2D eigenvalue weighted by molar-refractivity contribution is -0.133. The molecular formula is C16H14O2. The van der Waals surface area contributed by atoms with Crippen LogP contribution in [0.25, 0.3) is 11.1 Å². The average Bonchev–Trinajstić information content (AvgIpc) is 2.73. The number of hydrogen-bond acceptors (Lipinski definition) is 2. The van der Waals surface area contributed by atoms with E-state index in [1.54, 1.807) is 0 Å². The first-order valence-corrected chi connectivity index (χ1v) is 6.10. The number of fused-ring (bicyclic) bond motifs is 3. The van der Waals surface area contributed by atoms with E-state index < -0.39 is 0 Å². The molecule has 0 aliphatic heterocycles. The maximum Gasteiger partial charge on any atom is 0.293 e. The maximum atomic E-state index is 10.6. The van der Waals surface area contributed by atoms with Gasteiger partial charge in [0, 0.05) is 5.92 Å². The molecule has 90 valence electrons. The predicted molar refractivity (Wildman–Crippen MR) is 70.3 cm³/mol. The summed E-state index contributed by atoms with van der Waals surface area (Å²) in [5, 5.41) is 0. The molecule has 3 rings (SSSR count). The van der Waals surface area contributed by atoms with Gasteiger partial charge in [-0.2, -0.15) is 0 Å². The summed E-state index contributed by atoms with van der Waals surface area (Å²) in [6.07, 6.45) is -0.146. The third-order valence-electron chi connectivity index (χ3n) is 3.62. The first-order valence-electron chi connectivity index (χ1n) is 6.10. The Hall–Kier alpha value is -2.09. The molecule has 0 saturated heterocycles. The van der Waals surface area contributed by atoms with Crippen LogP contribution in [0, 0.1) is 0 Å². The smallest absolute Gasteiger partial charge is 0.293 e. The van der Waals surface area contributed by atoms with Gasteiger partial charge in [-0.3, -0.25) is 4.79 Å². The predicted octanol–water partition coefficient (Wildman–Crippen LogP) is 3.36. The summed E-state index contributed by atoms with van der Waals surface area (Å²) >= 11 is 0. The SMILES string of the molecule is C[C@@H](OC=O)C1c2ccccc2-c2ccccc21. The Balaban J connectivity index is 2.17. The maximum absolute atomic E-state index is 10.6. The molecule has 1 atom stereocenters. The van der Waals surface area contributed by atoms with Crippen LogP contribution in [0.5, 0.6) is 0 Å². The molecule has 1 aliphatic carbocycles. The molecule has 2 aromatic carbocycles. The van der Waals surface area contributed by atoms with Gasteiger partial charge in [0.05, 0.1) is 0 Å². The molecule has 0 fully saturated rings. The number of ether oxygens (including phenoxy) is 1. The average molecular weight is 238 g/mol. The van der Waals surface area contributed by atoms with Crippen molar-refractivity contribution >= 4 is 6.47 Å². The Labute approximate surface area is 106 Å². The van der Waals surface area contributed by atoms with Crippen molar-refractivity contribution in [3.8, 4) is 11.1 Å². The number of hydrogen-bond donors (Lipinski definition) is 0. The van der Waals surface area contributed by atoms with Crippen molar-refractivity contribution in [2.75, 3.05) is 0 Å². The van der Waals surface area contributed by atoms with Crippen molar-refractivity contribution in [1.82, 2.24) is 0 Å². The van der Waals surface area contributed by atoms with E-state index in [2.05, 4.69) is 24.3 Å². The van der Waals surface area contributed by atoms with Crippen LogP contribution in [0.15, 0.2) is 48.5 Å². The van der Waals surface area contributed by atoms with Crippen molar-refractivity contribution < 1.29 is 9.53 Å². The highest BCUT2D eigenvalue weighted by molar-refractivity contribution is 5.79. The summed E-state index contributed by atoms with van der Waals surface area (Å²) in [6, 6.07) is 16.6. The van der Waals surface area contributed by atoms with E-state index in [0.717, 1.165) is 0 Å². The molecule has 0 amide bonds. The van der Waals surface area contributed by atoms with Gasteiger partial charge in [0.15, 0.2) is 0 Å². The minimum Gasteiger partial charge on any atom is -0.464 e. The van der Waals surface area contributed by atoms with Crippen molar-refractivity contribution in [3.63, 3.8) is 0 Å². The normalized spacial score (nSPS) is 14.7. The highest BCUT2D eigenvalue weighted by atomic mass is 16.5. The van der Waals surface area contributed by atoms with Crippen LogP contribution in [0.2, 0.25) is 0 Å². The van der Waals surface area contributed by atoms with Crippen LogP contribution in [0.4, 0.5) is 0 Å². The van der Waals surface area contributed by atoms with Crippen LogP contribution in [-0.4, -0.2) is 12.6 Å². The molecule has 0 spiro atoms. The zero-order chi connectivity index (χ0) is 12.5. The van der Waals surface area contributed by atoms with Gasteiger partial charge < -0.3 is 4.74 Å². The number of benzene rings is 2. The Kier molecular flexibility index (Phi) is 2.63. The highest BCUT2D eigenvalue weighted by Crippen LogP contribution is 2.46. The Morgan fingerprint density at radius 3 is 2.00 bits per heavy atom. The molecule has 2 nitrogen and oxygen atoms in total. The van der Waals surface area contributed by atoms with E-state index in [1.807, 2.05) is 31.2 Å². The van der Waals surface area contributed by atoms with Gasteiger partial charge in [-0.15, -0.1) is 0 Å². The van der Waals surface area contributed by atoms with E-state index in [4.69, 9.17) is 4.74 Å². The third-order valence-corrected chi connectivity index (χ3v) is 3.62. The molecule has 0 aromatic heterocycles. The monoisotopic (exact) mass is 238 g/mol. The summed E-state index contributed by atoms with van der Waals surface area (Å²) in [6.45, 7) is 2.48. The lowest BCUT2D eigenvalue weighted by Gasteiger charge is -2.19. The Bertz CT molecular complexity index is 544. The van der Waals surface area contributed by atoms with Crippen molar-refractivity contribution in [2.45, 2.75) is 18.9 Å². The number of rotatable bonds is 3. The van der Waals surface area contributed by atoms with Crippen molar-refractivity contribution in [2.24, 2.45) is 0 Å². The van der Waals surface area contributed by atoms with Gasteiger partial charge in [0.1, 0.15) is 6.10 Å². The second kappa shape index (κ2) is 4.30. The van der Waals surface area contributed by atoms with E-state index in [1.165, 1.54) is 22.3 Å². The van der Waals surface area contributed by atoms with Gasteiger partial charge in [-0.05, 0) is 29.2 Å². The second-order valence-electron chi connectivity index (χ2n) is 4.59. The summed E-state index contributed by atoms with van der Waals surface area (Å²) in [5.41, 5.74) is 4.99. The van der Waals surface area contributed by atoms with E-state index in [0.29, 0.717) is 6.47 Å². The fraction of sp³-hybridized carbons (Fsp3) is 0.188.